The van der Waals surface area contributed by atoms with Gasteiger partial charge in [-0.3, -0.25) is 9.69 Å². The minimum Gasteiger partial charge on any atom is -0.396 e. The number of carbonyl (C=O) groups excluding carboxylic acids is 1. The van der Waals surface area contributed by atoms with Crippen LogP contribution in [0.2, 0.25) is 0 Å². The minimum absolute atomic E-state index is 0.188. The van der Waals surface area contributed by atoms with E-state index in [1.165, 1.54) is 6.42 Å². The summed E-state index contributed by atoms with van der Waals surface area (Å²) in [5.74, 6) is 0.188. The number of aliphatic hydroxyl groups excluding tert-OH is 1. The number of aryl methyl sites for hydroxylation is 1. The van der Waals surface area contributed by atoms with Crippen molar-refractivity contribution >= 4 is 5.78 Å². The number of aliphatic hydroxyl groups is 1. The van der Waals surface area contributed by atoms with Crippen LogP contribution >= 0.6 is 0 Å². The summed E-state index contributed by atoms with van der Waals surface area (Å²) < 4.78 is 0. The smallest absolute Gasteiger partial charge is 0.176 e. The molecular formula is C16H23NO2. The molecule has 0 amide bonds. The van der Waals surface area contributed by atoms with Crippen molar-refractivity contribution in [3.63, 3.8) is 0 Å². The van der Waals surface area contributed by atoms with Crippen molar-refractivity contribution in [1.82, 2.24) is 4.90 Å². The third-order valence-corrected chi connectivity index (χ3v) is 3.90. The summed E-state index contributed by atoms with van der Waals surface area (Å²) >= 11 is 0. The zero-order valence-corrected chi connectivity index (χ0v) is 11.6. The molecule has 1 aliphatic rings. The molecule has 0 aliphatic carbocycles. The second-order valence-electron chi connectivity index (χ2n) is 5.43. The molecule has 1 aliphatic heterocycles. The van der Waals surface area contributed by atoms with Crippen molar-refractivity contribution in [2.75, 3.05) is 19.7 Å². The fourth-order valence-electron chi connectivity index (χ4n) is 2.84. The Hall–Kier alpha value is -1.19. The number of Topliss-reactive ketones (excluding diaryl/α,β-unsaturated/α-hetero) is 1. The van der Waals surface area contributed by atoms with Crippen molar-refractivity contribution in [3.8, 4) is 0 Å². The van der Waals surface area contributed by atoms with Crippen molar-refractivity contribution in [2.45, 2.75) is 38.6 Å². The summed E-state index contributed by atoms with van der Waals surface area (Å²) in [6, 6.07) is 8.15. The normalized spacial score (nSPS) is 20.4. The maximum Gasteiger partial charge on any atom is 0.176 e. The first-order valence-corrected chi connectivity index (χ1v) is 7.15. The fourth-order valence-corrected chi connectivity index (χ4v) is 2.84. The van der Waals surface area contributed by atoms with Gasteiger partial charge in [0.1, 0.15) is 0 Å². The molecule has 19 heavy (non-hydrogen) atoms. The highest BCUT2D eigenvalue weighted by Gasteiger charge is 2.24. The number of ketones is 1. The van der Waals surface area contributed by atoms with Crippen molar-refractivity contribution in [1.29, 1.82) is 0 Å². The zero-order chi connectivity index (χ0) is 13.7. The summed E-state index contributed by atoms with van der Waals surface area (Å²) in [6.07, 6.45) is 4.24. The van der Waals surface area contributed by atoms with E-state index in [1.54, 1.807) is 0 Å². The van der Waals surface area contributed by atoms with Crippen molar-refractivity contribution in [2.24, 2.45) is 0 Å². The van der Waals surface area contributed by atoms with Gasteiger partial charge in [-0.25, -0.2) is 0 Å². The molecule has 0 bridgehead atoms. The lowest BCUT2D eigenvalue weighted by Crippen LogP contribution is -2.43. The number of benzene rings is 1. The Morgan fingerprint density at radius 2 is 2.26 bits per heavy atom. The van der Waals surface area contributed by atoms with Crippen LogP contribution in [0.15, 0.2) is 24.3 Å². The maximum absolute atomic E-state index is 12.3. The van der Waals surface area contributed by atoms with E-state index in [9.17, 15) is 4.79 Å². The Morgan fingerprint density at radius 3 is 3.00 bits per heavy atom. The number of hydrogen-bond donors (Lipinski definition) is 1. The van der Waals surface area contributed by atoms with E-state index < -0.39 is 0 Å². The Kier molecular flexibility index (Phi) is 5.11. The van der Waals surface area contributed by atoms with E-state index in [1.807, 2.05) is 31.2 Å². The summed E-state index contributed by atoms with van der Waals surface area (Å²) in [6.45, 7) is 3.67. The molecule has 1 atom stereocenters. The van der Waals surface area contributed by atoms with E-state index in [2.05, 4.69) is 4.90 Å². The molecule has 1 heterocycles. The summed E-state index contributed by atoms with van der Waals surface area (Å²) in [5.41, 5.74) is 1.92. The molecular weight excluding hydrogens is 238 g/mol. The van der Waals surface area contributed by atoms with Gasteiger partial charge in [0.25, 0.3) is 0 Å². The second kappa shape index (κ2) is 6.83. The first kappa shape index (κ1) is 14.2. The van der Waals surface area contributed by atoms with Crippen LogP contribution in [0.5, 0.6) is 0 Å². The van der Waals surface area contributed by atoms with E-state index in [0.717, 1.165) is 36.9 Å². The molecule has 0 spiro atoms. The van der Waals surface area contributed by atoms with Gasteiger partial charge in [0.15, 0.2) is 5.78 Å². The Bertz CT molecular complexity index is 429. The lowest BCUT2D eigenvalue weighted by molar-refractivity contribution is 0.0799. The predicted molar refractivity (Wildman–Crippen MR) is 76.4 cm³/mol. The number of nitrogens with zero attached hydrogens (tertiary/aromatic N) is 1. The van der Waals surface area contributed by atoms with Crippen molar-refractivity contribution < 1.29 is 9.90 Å². The van der Waals surface area contributed by atoms with Crippen LogP contribution in [0.3, 0.4) is 0 Å². The molecule has 1 N–H and O–H groups in total. The second-order valence-corrected chi connectivity index (χ2v) is 5.43. The number of piperidine rings is 1. The fraction of sp³-hybridized carbons (Fsp3) is 0.562. The van der Waals surface area contributed by atoms with Gasteiger partial charge in [-0.05, 0) is 38.8 Å². The van der Waals surface area contributed by atoms with Gasteiger partial charge < -0.3 is 5.11 Å². The average Bonchev–Trinajstić information content (AvgIpc) is 2.41. The molecule has 3 nitrogen and oxygen atoms in total. The predicted octanol–water partition coefficient (Wildman–Crippen LogP) is 2.41. The first-order valence-electron chi connectivity index (χ1n) is 7.15. The molecule has 0 saturated carbocycles. The summed E-state index contributed by atoms with van der Waals surface area (Å²) in [5, 5.41) is 9.11. The monoisotopic (exact) mass is 261 g/mol. The SMILES string of the molecule is Cc1cccc(C(=O)CN2CCCCC2CCO)c1. The quantitative estimate of drug-likeness (QED) is 0.828. The lowest BCUT2D eigenvalue weighted by Gasteiger charge is -2.34. The van der Waals surface area contributed by atoms with E-state index >= 15 is 0 Å². The van der Waals surface area contributed by atoms with Crippen LogP contribution in [-0.4, -0.2) is 41.5 Å². The van der Waals surface area contributed by atoms with Crippen LogP contribution in [0.4, 0.5) is 0 Å². The molecule has 1 aromatic rings. The average molecular weight is 261 g/mol. The molecule has 1 aromatic carbocycles. The molecule has 1 saturated heterocycles. The molecule has 104 valence electrons. The number of hydrogen-bond acceptors (Lipinski definition) is 3. The number of carbonyl (C=O) groups is 1. The number of likely N-dealkylation sites (tertiary alicyclic amines) is 1. The van der Waals surface area contributed by atoms with Crippen LogP contribution in [-0.2, 0) is 0 Å². The molecule has 2 rings (SSSR count). The van der Waals surface area contributed by atoms with Gasteiger partial charge in [0, 0.05) is 18.2 Å². The molecule has 1 fully saturated rings. The van der Waals surface area contributed by atoms with Gasteiger partial charge >= 0.3 is 0 Å². The molecule has 1 unspecified atom stereocenters. The highest BCUT2D eigenvalue weighted by molar-refractivity contribution is 5.97. The van der Waals surface area contributed by atoms with Gasteiger partial charge in [0.2, 0.25) is 0 Å². The topological polar surface area (TPSA) is 40.5 Å². The van der Waals surface area contributed by atoms with Crippen LogP contribution in [0.25, 0.3) is 0 Å². The molecule has 0 aromatic heterocycles. The largest absolute Gasteiger partial charge is 0.396 e. The first-order chi connectivity index (χ1) is 9.20. The summed E-state index contributed by atoms with van der Waals surface area (Å²) in [7, 11) is 0. The van der Waals surface area contributed by atoms with Gasteiger partial charge in [-0.2, -0.15) is 0 Å². The van der Waals surface area contributed by atoms with E-state index in [-0.39, 0.29) is 12.4 Å². The van der Waals surface area contributed by atoms with Crippen LogP contribution in [0.1, 0.15) is 41.6 Å². The Balaban J connectivity index is 2.00. The standard InChI is InChI=1S/C16H23NO2/c1-13-5-4-6-14(11-13)16(19)12-17-9-3-2-7-15(17)8-10-18/h4-6,11,15,18H,2-3,7-10,12H2,1H3. The highest BCUT2D eigenvalue weighted by Crippen LogP contribution is 2.20. The highest BCUT2D eigenvalue weighted by atomic mass is 16.3. The Labute approximate surface area is 115 Å². The third-order valence-electron chi connectivity index (χ3n) is 3.90. The van der Waals surface area contributed by atoms with Gasteiger partial charge in [-0.1, -0.05) is 30.2 Å². The van der Waals surface area contributed by atoms with Gasteiger partial charge in [-0.15, -0.1) is 0 Å². The molecule has 0 radical (unpaired) electrons. The minimum atomic E-state index is 0.188. The van der Waals surface area contributed by atoms with Crippen LogP contribution in [0, 0.1) is 6.92 Å². The van der Waals surface area contributed by atoms with E-state index in [0.29, 0.717) is 12.6 Å². The third kappa shape index (κ3) is 3.88. The van der Waals surface area contributed by atoms with E-state index in [4.69, 9.17) is 5.11 Å². The van der Waals surface area contributed by atoms with Crippen LogP contribution < -0.4 is 0 Å². The summed E-state index contributed by atoms with van der Waals surface area (Å²) in [4.78, 5) is 14.6. The van der Waals surface area contributed by atoms with Gasteiger partial charge in [0.05, 0.1) is 6.54 Å². The maximum atomic E-state index is 12.3. The zero-order valence-electron chi connectivity index (χ0n) is 11.6. The molecule has 3 heteroatoms. The van der Waals surface area contributed by atoms with Crippen molar-refractivity contribution in [3.05, 3.63) is 35.4 Å². The Morgan fingerprint density at radius 1 is 1.42 bits per heavy atom. The lowest BCUT2D eigenvalue weighted by atomic mass is 9.98. The number of rotatable bonds is 5.